The van der Waals surface area contributed by atoms with Crippen LogP contribution in [0.1, 0.15) is 62.8 Å². The van der Waals surface area contributed by atoms with Crippen LogP contribution < -0.4 is 26.6 Å². The van der Waals surface area contributed by atoms with E-state index < -0.39 is 5.78 Å². The second-order valence-corrected chi connectivity index (χ2v) is 11.3. The summed E-state index contributed by atoms with van der Waals surface area (Å²) in [6.45, 7) is 6.80. The number of aldehydes is 1. The zero-order chi connectivity index (χ0) is 30.8. The monoisotopic (exact) mass is 579 g/mol. The third-order valence-electron chi connectivity index (χ3n) is 7.62. The molecule has 2 aliphatic carbocycles. The van der Waals surface area contributed by atoms with Crippen molar-refractivity contribution in [3.05, 3.63) is 87.1 Å². The number of fused-ring (bicyclic) bond motifs is 1. The van der Waals surface area contributed by atoms with E-state index in [1.807, 2.05) is 26.0 Å². The minimum atomic E-state index is -0.426. The fourth-order valence-electron chi connectivity index (χ4n) is 5.05. The van der Waals surface area contributed by atoms with Crippen LogP contribution in [-0.4, -0.2) is 54.0 Å². The Morgan fingerprint density at radius 3 is 2.60 bits per heavy atom. The average molecular weight is 580 g/mol. The molecular weight excluding hydrogens is 538 g/mol. The predicted octanol–water partition coefficient (Wildman–Crippen LogP) is 2.30. The molecule has 0 saturated heterocycles. The molecule has 8 nitrogen and oxygen atoms in total. The number of aryl methyl sites for hydroxylation is 1. The highest BCUT2D eigenvalue weighted by molar-refractivity contribution is 6.23. The van der Waals surface area contributed by atoms with Crippen molar-refractivity contribution in [2.45, 2.75) is 64.5 Å². The molecule has 0 spiro atoms. The molecule has 1 atom stereocenters. The van der Waals surface area contributed by atoms with E-state index in [0.717, 1.165) is 61.1 Å². The Morgan fingerprint density at radius 1 is 1.12 bits per heavy atom. The molecule has 0 bridgehead atoms. The maximum absolute atomic E-state index is 13.5. The average Bonchev–Trinajstić information content (AvgIpc) is 3.80. The van der Waals surface area contributed by atoms with Gasteiger partial charge in [-0.3, -0.25) is 19.8 Å². The maximum atomic E-state index is 13.5. The lowest BCUT2D eigenvalue weighted by Gasteiger charge is -2.22. The predicted molar refractivity (Wildman–Crippen MR) is 170 cm³/mol. The molecule has 8 heteroatoms. The minimum Gasteiger partial charge on any atom is -0.380 e. The molecule has 1 aliphatic heterocycles. The summed E-state index contributed by atoms with van der Waals surface area (Å²) in [6.07, 6.45) is 15.6. The van der Waals surface area contributed by atoms with E-state index in [4.69, 9.17) is 4.79 Å². The van der Waals surface area contributed by atoms with Gasteiger partial charge in [0.25, 0.3) is 5.91 Å². The van der Waals surface area contributed by atoms with E-state index in [1.165, 1.54) is 22.9 Å². The highest BCUT2D eigenvalue weighted by Crippen LogP contribution is 2.45. The first kappa shape index (κ1) is 31.6. The van der Waals surface area contributed by atoms with Crippen molar-refractivity contribution in [1.82, 2.24) is 26.1 Å². The van der Waals surface area contributed by atoms with E-state index in [0.29, 0.717) is 6.54 Å². The zero-order valence-electron chi connectivity index (χ0n) is 25.5. The van der Waals surface area contributed by atoms with E-state index >= 15 is 0 Å². The van der Waals surface area contributed by atoms with Crippen LogP contribution in [0.3, 0.4) is 0 Å². The molecule has 1 unspecified atom stereocenters. The molecule has 224 valence electrons. The first-order valence-electron chi connectivity index (χ1n) is 14.8. The number of ketones is 1. The van der Waals surface area contributed by atoms with Crippen LogP contribution in [0.5, 0.6) is 0 Å². The fraction of sp³-hybridized carbons (Fsp3) is 0.371. The van der Waals surface area contributed by atoms with Crippen molar-refractivity contribution < 1.29 is 14.4 Å². The van der Waals surface area contributed by atoms with Gasteiger partial charge in [0.2, 0.25) is 0 Å². The van der Waals surface area contributed by atoms with Crippen LogP contribution in [0.15, 0.2) is 59.8 Å². The van der Waals surface area contributed by atoms with Gasteiger partial charge in [-0.2, -0.15) is 0 Å². The fourth-order valence-corrected chi connectivity index (χ4v) is 5.05. The van der Waals surface area contributed by atoms with Gasteiger partial charge in [-0.25, -0.2) is 10.4 Å². The second kappa shape index (κ2) is 14.7. The van der Waals surface area contributed by atoms with Crippen LogP contribution in [0.2, 0.25) is 0 Å². The maximum Gasteiger partial charge on any atom is 0.251 e. The molecule has 1 aromatic heterocycles. The van der Waals surface area contributed by atoms with Gasteiger partial charge in [-0.05, 0) is 91.1 Å². The molecule has 2 aromatic rings. The van der Waals surface area contributed by atoms with Crippen LogP contribution in [0, 0.1) is 18.8 Å². The number of aromatic nitrogens is 1. The second-order valence-electron chi connectivity index (χ2n) is 11.3. The molecule has 1 aromatic carbocycles. The van der Waals surface area contributed by atoms with Crippen LogP contribution in [-0.2, 0) is 19.9 Å². The summed E-state index contributed by atoms with van der Waals surface area (Å²) in [5.74, 6) is 5.92. The van der Waals surface area contributed by atoms with Gasteiger partial charge in [-0.1, -0.05) is 42.3 Å². The summed E-state index contributed by atoms with van der Waals surface area (Å²) < 4.78 is 0. The Hall–Kier alpha value is -4.32. The number of nitrogens with one attached hydrogen (secondary N) is 3. The molecule has 2 heterocycles. The van der Waals surface area contributed by atoms with Gasteiger partial charge in [0.1, 0.15) is 5.69 Å². The minimum absolute atomic E-state index is 0.0105. The number of carbonyl (C=O) groups excluding carboxylic acids is 3. The molecule has 43 heavy (non-hydrogen) atoms. The summed E-state index contributed by atoms with van der Waals surface area (Å²) >= 11 is 0. The molecule has 1 saturated carbocycles. The summed E-state index contributed by atoms with van der Waals surface area (Å²) in [5.41, 5.74) is 11.1. The molecule has 1 fully saturated rings. The number of pyridine rings is 1. The Morgan fingerprint density at radius 2 is 1.88 bits per heavy atom. The SMILES string of the molecule is CC(=O)C=O.Cc1cccnc1C#CC(C)NNCC1=CCCC=C1C(=O)NC1(c2ccc3c(c2)=CN(C)CCC=3)CC1. The first-order valence-corrected chi connectivity index (χ1v) is 14.8. The molecule has 3 N–H and O–H groups in total. The third-order valence-corrected chi connectivity index (χ3v) is 7.62. The lowest BCUT2D eigenvalue weighted by atomic mass is 9.95. The number of hydrogen-bond acceptors (Lipinski definition) is 7. The summed E-state index contributed by atoms with van der Waals surface area (Å²) in [7, 11) is 2.12. The van der Waals surface area contributed by atoms with Crippen molar-refractivity contribution in [2.75, 3.05) is 20.1 Å². The first-order chi connectivity index (χ1) is 20.7. The Labute approximate surface area is 254 Å². The third kappa shape index (κ3) is 8.84. The van der Waals surface area contributed by atoms with Crippen molar-refractivity contribution in [2.24, 2.45) is 0 Å². The van der Waals surface area contributed by atoms with Crippen LogP contribution >= 0.6 is 0 Å². The van der Waals surface area contributed by atoms with Crippen molar-refractivity contribution in [1.29, 1.82) is 0 Å². The van der Waals surface area contributed by atoms with Gasteiger partial charge in [0.15, 0.2) is 12.1 Å². The Kier molecular flexibility index (Phi) is 10.8. The van der Waals surface area contributed by atoms with E-state index in [2.05, 4.69) is 87.6 Å². The van der Waals surface area contributed by atoms with E-state index in [-0.39, 0.29) is 23.8 Å². The van der Waals surface area contributed by atoms with Gasteiger partial charge < -0.3 is 10.2 Å². The summed E-state index contributed by atoms with van der Waals surface area (Å²) in [6, 6.07) is 10.5. The number of hydrogen-bond donors (Lipinski definition) is 3. The van der Waals surface area contributed by atoms with E-state index in [1.54, 1.807) is 6.20 Å². The van der Waals surface area contributed by atoms with E-state index in [9.17, 15) is 9.59 Å². The molecular formula is C35H41N5O3. The Bertz CT molecular complexity index is 1610. The molecule has 1 amide bonds. The summed E-state index contributed by atoms with van der Waals surface area (Å²) in [5, 5.41) is 5.90. The highest BCUT2D eigenvalue weighted by Gasteiger charge is 2.46. The number of benzene rings is 1. The number of Topliss-reactive ketones (excluding diaryl/α,β-unsaturated/α-hetero) is 1. The molecule has 3 aliphatic rings. The normalized spacial score (nSPS) is 16.9. The number of rotatable bonds is 8. The number of hydrazine groups is 1. The Balaban J connectivity index is 0.000000782. The van der Waals surface area contributed by atoms with Gasteiger partial charge in [0, 0.05) is 45.0 Å². The summed E-state index contributed by atoms with van der Waals surface area (Å²) in [4.78, 5) is 38.7. The lowest BCUT2D eigenvalue weighted by molar-refractivity contribution is -0.128. The standard InChI is InChI=1S/C32H37N5O.C3H4O2/c1-23-8-6-18-33-30(23)15-12-24(2)36-34-21-26-9-4-5-11-29(26)31(38)35-32(16-17-32)28-14-13-25-10-7-19-37(3)22-27(25)20-28;1-3(5)2-4/h6,8-11,13-14,18,20,22,24,34,36H,4-5,7,16-17,19,21H2,1-3H3,(H,35,38);2H,1H3. The zero-order valence-corrected chi connectivity index (χ0v) is 25.5. The van der Waals surface area contributed by atoms with Crippen LogP contribution in [0.25, 0.3) is 12.3 Å². The number of allylic oxidation sites excluding steroid dienone is 2. The molecule has 0 radical (unpaired) electrons. The van der Waals surface area contributed by atoms with Crippen molar-refractivity contribution >= 4 is 30.3 Å². The van der Waals surface area contributed by atoms with Crippen molar-refractivity contribution in [3.8, 4) is 11.8 Å². The highest BCUT2D eigenvalue weighted by atomic mass is 16.2. The number of amides is 1. The number of carbonyl (C=O) groups is 3. The lowest BCUT2D eigenvalue weighted by Crippen LogP contribution is -2.42. The molecule has 5 rings (SSSR count). The largest absolute Gasteiger partial charge is 0.380 e. The van der Waals surface area contributed by atoms with Crippen LogP contribution in [0.4, 0.5) is 0 Å². The quantitative estimate of drug-likeness (QED) is 0.191. The topological polar surface area (TPSA) is 103 Å². The van der Waals surface area contributed by atoms with Crippen molar-refractivity contribution in [3.63, 3.8) is 0 Å². The van der Waals surface area contributed by atoms with Gasteiger partial charge in [-0.15, -0.1) is 0 Å². The van der Waals surface area contributed by atoms with Gasteiger partial charge in [0.05, 0.1) is 11.6 Å². The van der Waals surface area contributed by atoms with Gasteiger partial charge >= 0.3 is 0 Å². The smallest absolute Gasteiger partial charge is 0.251 e. The number of nitrogens with zero attached hydrogens (tertiary/aromatic N) is 2.